The zero-order valence-electron chi connectivity index (χ0n) is 17.3. The number of hydrogen-bond acceptors (Lipinski definition) is 8. The first-order valence-corrected chi connectivity index (χ1v) is 10.4. The fourth-order valence-corrected chi connectivity index (χ4v) is 4.33. The predicted molar refractivity (Wildman–Crippen MR) is 112 cm³/mol. The van der Waals surface area contributed by atoms with Crippen molar-refractivity contribution in [2.45, 2.75) is 50.6 Å². The largest absolute Gasteiger partial charge is 0.386 e. The van der Waals surface area contributed by atoms with Crippen molar-refractivity contribution >= 4 is 17.2 Å². The molecule has 0 radical (unpaired) electrons. The first-order valence-electron chi connectivity index (χ1n) is 10.4. The molecule has 2 aromatic rings. The van der Waals surface area contributed by atoms with Crippen molar-refractivity contribution in [3.8, 4) is 12.1 Å². The Morgan fingerprint density at radius 2 is 2.13 bits per heavy atom. The third-order valence-corrected chi connectivity index (χ3v) is 6.38. The van der Waals surface area contributed by atoms with Crippen LogP contribution in [0.5, 0.6) is 0 Å². The van der Waals surface area contributed by atoms with Crippen LogP contribution in [0.15, 0.2) is 16.6 Å². The third-order valence-electron chi connectivity index (χ3n) is 6.38. The Morgan fingerprint density at radius 1 is 1.35 bits per heavy atom. The summed E-state index contributed by atoms with van der Waals surface area (Å²) in [6.45, 7) is 3.44. The fourth-order valence-electron chi connectivity index (χ4n) is 4.33. The zero-order chi connectivity index (χ0) is 22.0. The second-order valence-corrected chi connectivity index (χ2v) is 8.06. The Bertz CT molecular complexity index is 1160. The fraction of sp³-hybridized carbons (Fsp3) is 0.524. The van der Waals surface area contributed by atoms with Gasteiger partial charge in [0.1, 0.15) is 23.3 Å². The molecule has 10 heteroatoms. The standard InChI is InChI=1S/C21H24N8O2/c1-12(14-4-6-31-7-5-14)29-20-18(17(10-24)28-29)21(30)27-19(26-20)15-2-3-16(15)25-11-13(8-22)9-23/h8,11-12,14-16,22,25H,2-7H2,1H3,(H,26,27,30)/b13-11+,22-8?. The molecule has 3 unspecified atom stereocenters. The quantitative estimate of drug-likeness (QED) is 0.475. The average molecular weight is 420 g/mol. The topological polar surface area (TPSA) is 156 Å². The highest BCUT2D eigenvalue weighted by atomic mass is 16.5. The summed E-state index contributed by atoms with van der Waals surface area (Å²) in [5.74, 6) is 0.848. The number of rotatable bonds is 6. The van der Waals surface area contributed by atoms with Gasteiger partial charge in [0.25, 0.3) is 5.56 Å². The van der Waals surface area contributed by atoms with Gasteiger partial charge in [-0.05, 0) is 38.5 Å². The van der Waals surface area contributed by atoms with Crippen LogP contribution >= 0.6 is 0 Å². The van der Waals surface area contributed by atoms with E-state index in [0.717, 1.165) is 31.9 Å². The van der Waals surface area contributed by atoms with Crippen LogP contribution in [0.4, 0.5) is 0 Å². The number of nitrogens with one attached hydrogen (secondary N) is 3. The summed E-state index contributed by atoms with van der Waals surface area (Å²) in [5, 5.41) is 33.5. The van der Waals surface area contributed by atoms with E-state index in [9.17, 15) is 10.1 Å². The molecular formula is C21H24N8O2. The second-order valence-electron chi connectivity index (χ2n) is 8.06. The lowest BCUT2D eigenvalue weighted by atomic mass is 9.79. The van der Waals surface area contributed by atoms with E-state index < -0.39 is 0 Å². The van der Waals surface area contributed by atoms with Gasteiger partial charge in [0.05, 0.1) is 11.6 Å². The SMILES string of the molecule is CC(C1CCOCC1)n1nc(C#N)c2c(=O)[nH]c(C3CCC3N/C=C(/C#N)C=N)nc21. The van der Waals surface area contributed by atoms with Crippen LogP contribution < -0.4 is 10.9 Å². The van der Waals surface area contributed by atoms with E-state index in [1.54, 1.807) is 4.68 Å². The van der Waals surface area contributed by atoms with Crippen LogP contribution in [0.25, 0.3) is 11.0 Å². The minimum Gasteiger partial charge on any atom is -0.386 e. The number of nitriles is 2. The minimum atomic E-state index is -0.361. The van der Waals surface area contributed by atoms with Crippen LogP contribution in [-0.4, -0.2) is 45.2 Å². The smallest absolute Gasteiger partial charge is 0.263 e. The number of aromatic nitrogens is 4. The van der Waals surface area contributed by atoms with Crippen molar-refractivity contribution in [1.82, 2.24) is 25.1 Å². The molecule has 0 amide bonds. The first kappa shape index (κ1) is 20.8. The molecule has 4 rings (SSSR count). The molecule has 2 aromatic heterocycles. The lowest BCUT2D eigenvalue weighted by molar-refractivity contribution is 0.0501. The summed E-state index contributed by atoms with van der Waals surface area (Å²) >= 11 is 0. The monoisotopic (exact) mass is 420 g/mol. The van der Waals surface area contributed by atoms with Crippen LogP contribution in [0.2, 0.25) is 0 Å². The maximum absolute atomic E-state index is 12.9. The van der Waals surface area contributed by atoms with Crippen molar-refractivity contribution in [2.75, 3.05) is 13.2 Å². The first-order chi connectivity index (χ1) is 15.1. The maximum atomic E-state index is 12.9. The minimum absolute atomic E-state index is 0.00336. The van der Waals surface area contributed by atoms with Crippen molar-refractivity contribution < 1.29 is 4.74 Å². The van der Waals surface area contributed by atoms with Gasteiger partial charge in [-0.2, -0.15) is 15.6 Å². The molecule has 0 spiro atoms. The van der Waals surface area contributed by atoms with E-state index in [0.29, 0.717) is 30.6 Å². The third kappa shape index (κ3) is 3.82. The molecule has 10 nitrogen and oxygen atoms in total. The summed E-state index contributed by atoms with van der Waals surface area (Å²) < 4.78 is 7.19. The van der Waals surface area contributed by atoms with Gasteiger partial charge in [-0.3, -0.25) is 4.79 Å². The number of nitrogens with zero attached hydrogens (tertiary/aromatic N) is 5. The molecule has 0 aromatic carbocycles. The number of fused-ring (bicyclic) bond motifs is 1. The Balaban J connectivity index is 1.69. The zero-order valence-corrected chi connectivity index (χ0v) is 17.3. The van der Waals surface area contributed by atoms with Gasteiger partial charge < -0.3 is 20.4 Å². The number of ether oxygens (including phenoxy) is 1. The van der Waals surface area contributed by atoms with Crippen molar-refractivity contribution in [3.63, 3.8) is 0 Å². The van der Waals surface area contributed by atoms with Gasteiger partial charge in [-0.1, -0.05) is 0 Å². The lowest BCUT2D eigenvalue weighted by Gasteiger charge is -2.36. The molecule has 2 fully saturated rings. The molecule has 3 N–H and O–H groups in total. The number of allylic oxidation sites excluding steroid dienone is 1. The molecule has 3 atom stereocenters. The molecule has 0 bridgehead atoms. The molecule has 1 saturated carbocycles. The van der Waals surface area contributed by atoms with E-state index in [1.165, 1.54) is 6.20 Å². The number of aromatic amines is 1. The summed E-state index contributed by atoms with van der Waals surface area (Å²) in [5.41, 5.74) is 0.391. The number of hydrogen-bond donors (Lipinski definition) is 3. The van der Waals surface area contributed by atoms with E-state index in [2.05, 4.69) is 15.4 Å². The van der Waals surface area contributed by atoms with Crippen LogP contribution in [0, 0.1) is 34.0 Å². The Kier molecular flexibility index (Phi) is 5.83. The van der Waals surface area contributed by atoms with E-state index in [4.69, 9.17) is 20.4 Å². The average Bonchev–Trinajstić information content (AvgIpc) is 3.15. The predicted octanol–water partition coefficient (Wildman–Crippen LogP) is 1.87. The van der Waals surface area contributed by atoms with E-state index >= 15 is 0 Å². The highest BCUT2D eigenvalue weighted by Crippen LogP contribution is 2.36. The molecule has 160 valence electrons. The Labute approximate surface area is 179 Å². The van der Waals surface area contributed by atoms with E-state index in [-0.39, 0.29) is 40.2 Å². The van der Waals surface area contributed by atoms with Gasteiger partial charge in [0.2, 0.25) is 0 Å². The normalized spacial score (nSPS) is 22.9. The Morgan fingerprint density at radius 3 is 2.74 bits per heavy atom. The molecule has 1 aliphatic heterocycles. The van der Waals surface area contributed by atoms with Crippen LogP contribution in [0.1, 0.15) is 56.1 Å². The van der Waals surface area contributed by atoms with E-state index in [1.807, 2.05) is 19.1 Å². The molecule has 1 saturated heterocycles. The summed E-state index contributed by atoms with van der Waals surface area (Å²) in [6.07, 6.45) is 6.01. The van der Waals surface area contributed by atoms with Gasteiger partial charge in [0, 0.05) is 37.6 Å². The van der Waals surface area contributed by atoms with Crippen molar-refractivity contribution in [1.29, 1.82) is 15.9 Å². The Hall–Kier alpha value is -3.50. The molecule has 1 aliphatic carbocycles. The van der Waals surface area contributed by atoms with Gasteiger partial charge in [0.15, 0.2) is 11.3 Å². The van der Waals surface area contributed by atoms with Gasteiger partial charge >= 0.3 is 0 Å². The maximum Gasteiger partial charge on any atom is 0.263 e. The van der Waals surface area contributed by atoms with Crippen LogP contribution in [-0.2, 0) is 4.74 Å². The van der Waals surface area contributed by atoms with Crippen LogP contribution in [0.3, 0.4) is 0 Å². The summed E-state index contributed by atoms with van der Waals surface area (Å²) in [7, 11) is 0. The van der Waals surface area contributed by atoms with Gasteiger partial charge in [-0.25, -0.2) is 9.67 Å². The summed E-state index contributed by atoms with van der Waals surface area (Å²) in [4.78, 5) is 20.5. The molecule has 2 aliphatic rings. The molecular weight excluding hydrogens is 396 g/mol. The molecule has 31 heavy (non-hydrogen) atoms. The molecule has 3 heterocycles. The highest BCUT2D eigenvalue weighted by molar-refractivity contribution is 5.81. The highest BCUT2D eigenvalue weighted by Gasteiger charge is 2.35. The number of H-pyrrole nitrogens is 1. The lowest BCUT2D eigenvalue weighted by Crippen LogP contribution is -2.41. The second kappa shape index (κ2) is 8.70. The van der Waals surface area contributed by atoms with Crippen molar-refractivity contribution in [3.05, 3.63) is 33.6 Å². The van der Waals surface area contributed by atoms with Gasteiger partial charge in [-0.15, -0.1) is 0 Å². The van der Waals surface area contributed by atoms with Crippen molar-refractivity contribution in [2.24, 2.45) is 5.92 Å². The summed E-state index contributed by atoms with van der Waals surface area (Å²) in [6, 6.07) is 3.96.